The number of nitrogens with one attached hydrogen (secondary N) is 2. The number of halogens is 6. The van der Waals surface area contributed by atoms with Crippen LogP contribution in [0.4, 0.5) is 30.6 Å². The van der Waals surface area contributed by atoms with Crippen molar-refractivity contribution in [2.75, 3.05) is 79.4 Å². The Morgan fingerprint density at radius 3 is 1.45 bits per heavy atom. The van der Waals surface area contributed by atoms with E-state index < -0.39 is 27.8 Å². The number of benzene rings is 5. The van der Waals surface area contributed by atoms with Gasteiger partial charge in [0.1, 0.15) is 16.8 Å². The molecule has 0 spiro atoms. The summed E-state index contributed by atoms with van der Waals surface area (Å²) in [5.41, 5.74) is 11.3. The van der Waals surface area contributed by atoms with Crippen molar-refractivity contribution in [1.29, 1.82) is 0 Å². The van der Waals surface area contributed by atoms with E-state index in [9.17, 15) is 38.9 Å². The first-order valence-corrected chi connectivity index (χ1v) is 37.8. The molecule has 32 heteroatoms. The zero-order valence-corrected chi connectivity index (χ0v) is 75.0. The number of hydrogen-bond acceptors (Lipinski definition) is 18. The van der Waals surface area contributed by atoms with Crippen LogP contribution in [-0.2, 0) is 28.5 Å². The number of nitro benzene ring substituents is 1. The van der Waals surface area contributed by atoms with Crippen LogP contribution in [0, 0.1) is 79.5 Å². The van der Waals surface area contributed by atoms with Gasteiger partial charge in [0.15, 0.2) is 5.78 Å². The molecule has 5 N–H and O–H groups in total. The Morgan fingerprint density at radius 2 is 1.05 bits per heavy atom. The van der Waals surface area contributed by atoms with Crippen molar-refractivity contribution in [3.8, 4) is 0 Å². The van der Waals surface area contributed by atoms with Crippen LogP contribution in [0.25, 0.3) is 0 Å². The Kier molecular flexibility index (Phi) is 55.8. The molecule has 0 aromatic heterocycles. The van der Waals surface area contributed by atoms with E-state index in [4.69, 9.17) is 97.9 Å². The molecule has 0 aliphatic carbocycles. The van der Waals surface area contributed by atoms with Gasteiger partial charge in [0, 0.05) is 126 Å². The number of alkyl carbamates (subject to hydrolysis) is 1. The van der Waals surface area contributed by atoms with E-state index in [1.165, 1.54) is 25.2 Å². The molecule has 3 saturated heterocycles. The van der Waals surface area contributed by atoms with Crippen LogP contribution in [0.5, 0.6) is 0 Å². The predicted octanol–water partition coefficient (Wildman–Crippen LogP) is 14.5. The monoisotopic (exact) mass is 1700 g/mol. The van der Waals surface area contributed by atoms with E-state index in [1.54, 1.807) is 59.0 Å². The molecule has 3 aliphatic rings. The van der Waals surface area contributed by atoms with Crippen molar-refractivity contribution in [3.63, 3.8) is 0 Å². The molecule has 5 amide bonds. The first kappa shape index (κ1) is 109. The fraction of sp³-hybridized carbons (Fsp3) is 0.526. The minimum absolute atomic E-state index is 0. The average molecular weight is 1710 g/mol. The Hall–Kier alpha value is -5.63. The number of ether oxygens (including phenoxy) is 5. The molecule has 5 aromatic carbocycles. The van der Waals surface area contributed by atoms with Gasteiger partial charge >= 0.3 is 72.8 Å². The number of nitrogens with zero attached hydrogens (tertiary/aromatic N) is 5. The topological polar surface area (TPSA) is 324 Å². The number of piperidine rings is 3. The maximum absolute atomic E-state index is 12.8. The zero-order chi connectivity index (χ0) is 82.8. The van der Waals surface area contributed by atoms with Gasteiger partial charge < -0.3 is 76.9 Å². The van der Waals surface area contributed by atoms with Crippen molar-refractivity contribution >= 4 is 121 Å². The maximum Gasteiger partial charge on any atom is 1.00 e. The van der Waals surface area contributed by atoms with Crippen LogP contribution in [0.1, 0.15) is 172 Å². The van der Waals surface area contributed by atoms with Crippen LogP contribution >= 0.6 is 73.9 Å². The van der Waals surface area contributed by atoms with Crippen molar-refractivity contribution in [2.24, 2.45) is 23.1 Å². The number of carbonyl (C=O) groups excluding carboxylic acids is 6. The summed E-state index contributed by atoms with van der Waals surface area (Å²) in [6.45, 7) is 35.9. The Bertz CT molecular complexity index is 3590. The number of Topliss-reactive ketones (excluding diaryl/α,β-unsaturated/α-hetero) is 1. The van der Waals surface area contributed by atoms with Gasteiger partial charge in [-0.2, -0.15) is 6.42 Å². The summed E-state index contributed by atoms with van der Waals surface area (Å²) in [4.78, 5) is 95.1. The number of nitrogens with two attached hydrogens (primary N) is 1. The third-order valence-electron chi connectivity index (χ3n) is 15.6. The second kappa shape index (κ2) is 56.6. The molecule has 0 radical (unpaired) electrons. The van der Waals surface area contributed by atoms with E-state index in [2.05, 4.69) is 45.1 Å². The number of rotatable bonds is 11. The molecule has 4 atom stereocenters. The van der Waals surface area contributed by atoms with E-state index in [-0.39, 0.29) is 109 Å². The summed E-state index contributed by atoms with van der Waals surface area (Å²) >= 11 is 32.5. The summed E-state index contributed by atoms with van der Waals surface area (Å²) in [7, 11) is 3.94. The summed E-state index contributed by atoms with van der Waals surface area (Å²) in [6, 6.07) is 26.9. The molecule has 3 heterocycles. The van der Waals surface area contributed by atoms with Crippen molar-refractivity contribution in [2.45, 2.75) is 178 Å². The summed E-state index contributed by atoms with van der Waals surface area (Å²) in [6.07, 6.45) is 5.58. The second-order valence-corrected chi connectivity index (χ2v) is 31.1. The van der Waals surface area contributed by atoms with Crippen LogP contribution in [0.2, 0.25) is 25.1 Å². The largest absolute Gasteiger partial charge is 1.00 e. The molecule has 110 heavy (non-hydrogen) atoms. The number of likely N-dealkylation sites (tertiary alicyclic amines) is 3. The molecule has 5 aromatic rings. The molecule has 0 saturated carbocycles. The fourth-order valence-corrected chi connectivity index (χ4v) is 11.5. The fourth-order valence-electron chi connectivity index (χ4n) is 10.2. The van der Waals surface area contributed by atoms with Gasteiger partial charge in [-0.1, -0.05) is 118 Å². The SMILES string of the molecule is CNC(=O)[C@@H]1CCCN(C(=O)OC(C)(C)C)C1.CO.COC(=O)NCCO[C@@H](c1cc(Cl)ccc1C)[C@@H]1CCCN(C(=O)OC(C)(C)C)C1.Cc1ccc(Cl)cc1Br.Cc1ccc(Cl)cc1C(=O)[C@@H]1CCCN(C(=O)OC(C)(C)C)C1.Cc1ccc(Cl)cc1N.Cc1ccc(Cl)cc1[N+](=O)[O-].O=N[O-].[CH2-]CCC.[HH].[Li+].[Na+]. The number of anilines is 1. The van der Waals surface area contributed by atoms with Crippen LogP contribution in [0.3, 0.4) is 0 Å². The number of nitrogen functional groups attached to an aromatic ring is 1. The third-order valence-corrected chi connectivity index (χ3v) is 17.7. The number of unbranched alkanes of at least 4 members (excludes halogenated alkanes) is 1. The third kappa shape index (κ3) is 45.3. The van der Waals surface area contributed by atoms with Gasteiger partial charge in [-0.25, -0.2) is 19.2 Å². The first-order valence-electron chi connectivity index (χ1n) is 35.1. The van der Waals surface area contributed by atoms with Gasteiger partial charge in [0.05, 0.1) is 30.7 Å². The van der Waals surface area contributed by atoms with Crippen LogP contribution < -0.4 is 64.8 Å². The minimum atomic E-state index is -0.539. The average Bonchev–Trinajstić information content (AvgIpc) is 0.810. The van der Waals surface area contributed by atoms with Gasteiger partial charge in [-0.3, -0.25) is 19.7 Å². The molecule has 0 unspecified atom stereocenters. The first-order chi connectivity index (χ1) is 50.4. The Balaban J connectivity index is -0.000000630. The number of hydrogen-bond donors (Lipinski definition) is 4. The van der Waals surface area contributed by atoms with E-state index in [0.717, 1.165) is 94.8 Å². The number of methoxy groups -OCH3 is 1. The van der Waals surface area contributed by atoms with Gasteiger partial charge in [-0.05, 0) is 218 Å². The quantitative estimate of drug-likeness (QED) is 0.0110. The molecule has 24 nitrogen and oxygen atoms in total. The molecule has 606 valence electrons. The standard InChI is InChI=1S/C22H33ClN2O5.C18H24ClNO3.C12H22N2O3.C7H6BrCl.C7H6ClNO2.C7H8ClN.C4H9.CH4O.Li.HNO2.Na.H2/c1-15-8-9-17(23)13-18(15)19(29-12-10-24-20(26)28-5)16-7-6-11-25(14-16)21(27)30-22(2,3)4;1-12-7-8-14(19)10-15(12)16(21)13-6-5-9-20(11-13)17(22)23-18(2,3)4;1-12(2,3)17-11(16)14-7-5-6-9(8-14)10(15)13-4;1-5-2-3-6(9)4-7(5)8;1-5-2-3-6(8)4-7(5)9(10)11;1-5-2-3-6(8)4-7(5)9;1-3-4-2;1-2;;2-1-3;;/h8-9,13,16,19H,6-7,10-12,14H2,1-5H3,(H,24,26);7-8,10,13H,5-6,9,11H2,1-4H3;9H,5-8H2,1-4H3,(H,13,15);2-4H,1H3;2-4H,1H3;2-4H,9H2,1H3;1,3-4H2,2H3;2H,1H3;;(H,2,3);;1H/q;;;;;;-1;;+1;;+1;/p-1/t16-,19-;13-;9-;;;;;;;;;/m111........./s1. The van der Waals surface area contributed by atoms with Gasteiger partial charge in [0.2, 0.25) is 5.91 Å². The zero-order valence-electron chi connectivity index (χ0n) is 67.6. The maximum atomic E-state index is 12.8. The van der Waals surface area contributed by atoms with Crippen molar-refractivity contribution < 1.29 is 112 Å². The number of aliphatic hydroxyl groups excluding tert-OH is 1. The molecule has 3 fully saturated rings. The Morgan fingerprint density at radius 1 is 0.655 bits per heavy atom. The van der Waals surface area contributed by atoms with Crippen LogP contribution in [-0.4, -0.2) is 151 Å². The number of nitro groups is 1. The second-order valence-electron chi connectivity index (χ2n) is 28.0. The van der Waals surface area contributed by atoms with E-state index >= 15 is 0 Å². The number of aryl methyl sites for hydroxylation is 5. The minimum Gasteiger partial charge on any atom is -0.453 e. The van der Waals surface area contributed by atoms with Crippen molar-refractivity contribution in [1.82, 2.24) is 25.3 Å². The van der Waals surface area contributed by atoms with E-state index in [1.807, 2.05) is 145 Å². The summed E-state index contributed by atoms with van der Waals surface area (Å²) in [5.74, 6) is -0.173. The number of aliphatic hydroxyl groups is 1. The van der Waals surface area contributed by atoms with E-state index in [0.29, 0.717) is 83.6 Å². The van der Waals surface area contributed by atoms with Crippen LogP contribution in [0.15, 0.2) is 101 Å². The molecule has 8 rings (SSSR count). The Labute approximate surface area is 720 Å². The van der Waals surface area contributed by atoms with Crippen molar-refractivity contribution in [3.05, 3.63) is 187 Å². The summed E-state index contributed by atoms with van der Waals surface area (Å²) in [5, 5.41) is 34.6. The smallest absolute Gasteiger partial charge is 0.453 e. The molecular weight excluding hydrogens is 1590 g/mol. The number of carbonyl (C=O) groups is 6. The normalized spacial score (nSPS) is 15.0. The van der Waals surface area contributed by atoms with Gasteiger partial charge in [0.25, 0.3) is 5.69 Å². The predicted molar refractivity (Wildman–Crippen MR) is 438 cm³/mol. The molecular formula is C78H114BrCl5LiN8NaO16. The summed E-state index contributed by atoms with van der Waals surface area (Å²) < 4.78 is 28.1. The number of amides is 5. The molecule has 3 aliphatic heterocycles. The number of ketones is 1. The molecule has 0 bridgehead atoms. The van der Waals surface area contributed by atoms with Gasteiger partial charge in [-0.15, -0.1) is 5.34 Å².